The Hall–Kier alpha value is -1.38. The lowest BCUT2D eigenvalue weighted by Gasteiger charge is -2.13. The van der Waals surface area contributed by atoms with Gasteiger partial charge in [-0.15, -0.1) is 0 Å². The number of hydrogen-bond donors (Lipinski definition) is 0. The van der Waals surface area contributed by atoms with Gasteiger partial charge in [0.15, 0.2) is 0 Å². The van der Waals surface area contributed by atoms with Gasteiger partial charge >= 0.3 is 12.1 Å². The minimum atomic E-state index is -4.54. The van der Waals surface area contributed by atoms with Crippen LogP contribution in [0.4, 0.5) is 18.3 Å². The molecule has 2 atom stereocenters. The van der Waals surface area contributed by atoms with E-state index in [9.17, 15) is 18.0 Å². The Morgan fingerprint density at radius 1 is 1.47 bits per heavy atom. The maximum absolute atomic E-state index is 12.4. The van der Waals surface area contributed by atoms with Gasteiger partial charge in [-0.3, -0.25) is 4.79 Å². The van der Waals surface area contributed by atoms with Crippen molar-refractivity contribution in [3.63, 3.8) is 0 Å². The van der Waals surface area contributed by atoms with Crippen LogP contribution >= 0.6 is 11.5 Å². The van der Waals surface area contributed by atoms with Gasteiger partial charge in [0.2, 0.25) is 11.0 Å². The van der Waals surface area contributed by atoms with Crippen LogP contribution in [-0.4, -0.2) is 35.5 Å². The Morgan fingerprint density at radius 2 is 2.16 bits per heavy atom. The normalized spacial score (nSPS) is 23.7. The monoisotopic (exact) mass is 295 g/mol. The van der Waals surface area contributed by atoms with Gasteiger partial charge in [0.1, 0.15) is 0 Å². The van der Waals surface area contributed by atoms with E-state index in [0.29, 0.717) is 24.6 Å². The molecule has 1 aliphatic heterocycles. The average molecular weight is 295 g/mol. The maximum Gasteiger partial charge on any atom is 0.452 e. The van der Waals surface area contributed by atoms with E-state index in [0.717, 1.165) is 0 Å². The van der Waals surface area contributed by atoms with Crippen LogP contribution in [0, 0.1) is 11.8 Å². The van der Waals surface area contributed by atoms with Crippen LogP contribution in [0.1, 0.15) is 12.7 Å². The molecule has 0 aromatic carbocycles. The highest BCUT2D eigenvalue weighted by Gasteiger charge is 2.40. The zero-order chi connectivity index (χ0) is 14.2. The average Bonchev–Trinajstić information content (AvgIpc) is 2.93. The number of rotatable bonds is 2. The molecule has 0 saturated carbocycles. The van der Waals surface area contributed by atoms with E-state index < -0.39 is 12.0 Å². The molecule has 5 nitrogen and oxygen atoms in total. The molecule has 2 rings (SSSR count). The molecule has 0 N–H and O–H groups in total. The molecule has 2 heterocycles. The van der Waals surface area contributed by atoms with Crippen molar-refractivity contribution >= 4 is 22.6 Å². The van der Waals surface area contributed by atoms with Crippen molar-refractivity contribution in [3.05, 3.63) is 5.82 Å². The summed E-state index contributed by atoms with van der Waals surface area (Å²) in [5.74, 6) is -1.83. The van der Waals surface area contributed by atoms with E-state index >= 15 is 0 Å². The van der Waals surface area contributed by atoms with E-state index in [-0.39, 0.29) is 22.9 Å². The molecule has 0 radical (unpaired) electrons. The number of carbonyl (C=O) groups excluding carboxylic acids is 1. The van der Waals surface area contributed by atoms with Crippen molar-refractivity contribution in [3.8, 4) is 0 Å². The van der Waals surface area contributed by atoms with E-state index in [4.69, 9.17) is 0 Å². The van der Waals surface area contributed by atoms with Crippen molar-refractivity contribution in [2.45, 2.75) is 13.1 Å². The predicted molar refractivity (Wildman–Crippen MR) is 61.8 cm³/mol. The summed E-state index contributed by atoms with van der Waals surface area (Å²) >= 11 is 0.690. The summed E-state index contributed by atoms with van der Waals surface area (Å²) in [5.41, 5.74) is 0. The van der Waals surface area contributed by atoms with Crippen molar-refractivity contribution in [1.29, 1.82) is 0 Å². The number of ether oxygens (including phenoxy) is 1. The number of esters is 1. The van der Waals surface area contributed by atoms with E-state index in [1.54, 1.807) is 4.90 Å². The first-order chi connectivity index (χ1) is 8.82. The van der Waals surface area contributed by atoms with Gasteiger partial charge in [-0.05, 0) is 5.92 Å². The first kappa shape index (κ1) is 14.0. The van der Waals surface area contributed by atoms with Crippen LogP contribution < -0.4 is 4.90 Å². The van der Waals surface area contributed by atoms with E-state index in [1.807, 2.05) is 6.92 Å². The first-order valence-electron chi connectivity index (χ1n) is 5.56. The Balaban J connectivity index is 2.12. The zero-order valence-corrected chi connectivity index (χ0v) is 11.1. The second-order valence-electron chi connectivity index (χ2n) is 4.41. The number of methoxy groups -OCH3 is 1. The Kier molecular flexibility index (Phi) is 3.66. The van der Waals surface area contributed by atoms with Crippen LogP contribution in [0.15, 0.2) is 0 Å². The number of halogens is 3. The minimum Gasteiger partial charge on any atom is -0.469 e. The van der Waals surface area contributed by atoms with Crippen molar-refractivity contribution in [2.24, 2.45) is 11.8 Å². The number of anilines is 1. The highest BCUT2D eigenvalue weighted by atomic mass is 32.1. The zero-order valence-electron chi connectivity index (χ0n) is 10.3. The molecule has 1 aromatic rings. The lowest BCUT2D eigenvalue weighted by Crippen LogP contribution is -2.24. The van der Waals surface area contributed by atoms with Gasteiger partial charge < -0.3 is 9.64 Å². The topological polar surface area (TPSA) is 55.3 Å². The highest BCUT2D eigenvalue weighted by molar-refractivity contribution is 7.09. The molecule has 2 unspecified atom stereocenters. The van der Waals surface area contributed by atoms with Crippen LogP contribution in [0.5, 0.6) is 0 Å². The summed E-state index contributed by atoms with van der Waals surface area (Å²) in [7, 11) is 1.30. The third-order valence-electron chi connectivity index (χ3n) is 3.06. The molecule has 1 saturated heterocycles. The van der Waals surface area contributed by atoms with Gasteiger partial charge in [0.05, 0.1) is 13.0 Å². The van der Waals surface area contributed by atoms with Gasteiger partial charge in [-0.1, -0.05) is 6.92 Å². The molecule has 106 valence electrons. The van der Waals surface area contributed by atoms with Gasteiger partial charge in [0.25, 0.3) is 0 Å². The van der Waals surface area contributed by atoms with Crippen molar-refractivity contribution in [1.82, 2.24) is 9.36 Å². The first-order valence-corrected chi connectivity index (χ1v) is 6.34. The standard InChI is InChI=1S/C10H12F3N3O2S/c1-5-3-16(4-6(5)7(17)18-2)9-14-8(15-19-9)10(11,12)13/h5-6H,3-4H2,1-2H3. The molecule has 9 heteroatoms. The smallest absolute Gasteiger partial charge is 0.452 e. The molecule has 1 aromatic heterocycles. The number of aromatic nitrogens is 2. The summed E-state index contributed by atoms with van der Waals surface area (Å²) in [6.07, 6.45) is -4.54. The Bertz CT molecular complexity index is 477. The third-order valence-corrected chi connectivity index (χ3v) is 3.83. The lowest BCUT2D eigenvalue weighted by atomic mass is 9.99. The number of nitrogens with zero attached hydrogens (tertiary/aromatic N) is 3. The number of carbonyl (C=O) groups is 1. The third kappa shape index (κ3) is 2.80. The summed E-state index contributed by atoms with van der Waals surface area (Å²) in [6, 6.07) is 0. The summed E-state index contributed by atoms with van der Waals surface area (Å²) in [4.78, 5) is 16.6. The van der Waals surface area contributed by atoms with Crippen molar-refractivity contribution in [2.75, 3.05) is 25.1 Å². The SMILES string of the molecule is COC(=O)C1CN(c2nc(C(F)(F)F)ns2)CC1C. The van der Waals surface area contributed by atoms with Gasteiger partial charge in [-0.25, -0.2) is 0 Å². The maximum atomic E-state index is 12.4. The quantitative estimate of drug-likeness (QED) is 0.779. The molecule has 0 spiro atoms. The molecule has 0 bridgehead atoms. The number of hydrogen-bond acceptors (Lipinski definition) is 6. The van der Waals surface area contributed by atoms with Crippen LogP contribution in [0.25, 0.3) is 0 Å². The Labute approximate surface area is 111 Å². The summed E-state index contributed by atoms with van der Waals surface area (Å²) in [6.45, 7) is 2.62. The molecule has 19 heavy (non-hydrogen) atoms. The molecule has 1 aliphatic rings. The molecule has 1 fully saturated rings. The van der Waals surface area contributed by atoms with Gasteiger partial charge in [0, 0.05) is 24.6 Å². The second kappa shape index (κ2) is 4.95. The second-order valence-corrected chi connectivity index (χ2v) is 5.14. The predicted octanol–water partition coefficient (Wildman–Crippen LogP) is 1.80. The van der Waals surface area contributed by atoms with Crippen LogP contribution in [-0.2, 0) is 15.7 Å². The fourth-order valence-electron chi connectivity index (χ4n) is 2.04. The summed E-state index contributed by atoms with van der Waals surface area (Å²) in [5, 5.41) is 0.186. The van der Waals surface area contributed by atoms with E-state index in [1.165, 1.54) is 7.11 Å². The van der Waals surface area contributed by atoms with Gasteiger partial charge in [-0.2, -0.15) is 22.5 Å². The molecule has 0 aliphatic carbocycles. The molecular weight excluding hydrogens is 283 g/mol. The van der Waals surface area contributed by atoms with Crippen LogP contribution in [0.2, 0.25) is 0 Å². The fraction of sp³-hybridized carbons (Fsp3) is 0.700. The molecule has 0 amide bonds. The fourth-order valence-corrected chi connectivity index (χ4v) is 2.74. The number of alkyl halides is 3. The van der Waals surface area contributed by atoms with Crippen LogP contribution in [0.3, 0.4) is 0 Å². The summed E-state index contributed by atoms with van der Waals surface area (Å²) < 4.78 is 45.2. The highest BCUT2D eigenvalue weighted by Crippen LogP contribution is 2.33. The minimum absolute atomic E-state index is 0.00527. The lowest BCUT2D eigenvalue weighted by molar-refractivity contribution is -0.146. The van der Waals surface area contributed by atoms with Crippen molar-refractivity contribution < 1.29 is 22.7 Å². The van der Waals surface area contributed by atoms with E-state index in [2.05, 4.69) is 14.1 Å². The Morgan fingerprint density at radius 3 is 2.68 bits per heavy atom. The molecular formula is C10H12F3N3O2S. The largest absolute Gasteiger partial charge is 0.469 e.